The molecule has 0 aromatic carbocycles. The van der Waals surface area contributed by atoms with Gasteiger partial charge in [-0.2, -0.15) is 31.4 Å². The number of aryl methyl sites for hydroxylation is 1. The first-order chi connectivity index (χ1) is 18.4. The average molecular weight is 577 g/mol. The minimum absolute atomic E-state index is 0.140. The molecule has 3 aromatic heterocycles. The number of aromatic nitrogens is 5. The van der Waals surface area contributed by atoms with Crippen LogP contribution in [0, 0.1) is 12.3 Å². The van der Waals surface area contributed by atoms with Gasteiger partial charge in [0.2, 0.25) is 0 Å². The Morgan fingerprint density at radius 3 is 2.50 bits per heavy atom. The molecule has 17 heteroatoms. The van der Waals surface area contributed by atoms with E-state index in [1.165, 1.54) is 29.9 Å². The third kappa shape index (κ3) is 5.67. The molecule has 0 radical (unpaired) electrons. The zero-order chi connectivity index (χ0) is 29.7. The zero-order valence-electron chi connectivity index (χ0n) is 21.8. The highest BCUT2D eigenvalue weighted by molar-refractivity contribution is 5.93. The number of hydrogen-bond donors (Lipinski definition) is 2. The summed E-state index contributed by atoms with van der Waals surface area (Å²) in [7, 11) is 0. The van der Waals surface area contributed by atoms with Crippen molar-refractivity contribution in [3.8, 4) is 0 Å². The number of alkyl halides is 6. The summed E-state index contributed by atoms with van der Waals surface area (Å²) in [4.78, 5) is 30.3. The van der Waals surface area contributed by atoms with Gasteiger partial charge in [0.1, 0.15) is 5.69 Å². The van der Waals surface area contributed by atoms with E-state index < -0.39 is 47.8 Å². The van der Waals surface area contributed by atoms with Crippen LogP contribution in [-0.4, -0.2) is 66.2 Å². The standard InChI is InChI=1S/C23H26F6N8O3/c1-12-17(35-40-34-12)18(38)32-14(5-6-20(2,3)22(24,25)26)15-10-37-16(31-15)7-13(8-30-37)9-36-11-21(4,23(27,28)29)33-19(36)39/h7-8,10,14H,5-6,9,11H2,1-4H3,(H,32,38)(H,33,39)/t14-,21+/m0/s1. The number of fused-ring (bicyclic) bond motifs is 1. The molecule has 2 atom stereocenters. The first kappa shape index (κ1) is 29.1. The third-order valence-electron chi connectivity index (χ3n) is 6.93. The van der Waals surface area contributed by atoms with Crippen LogP contribution in [0.2, 0.25) is 0 Å². The van der Waals surface area contributed by atoms with Crippen LogP contribution in [0.1, 0.15) is 67.1 Å². The molecule has 0 unspecified atom stereocenters. The Morgan fingerprint density at radius 2 is 1.93 bits per heavy atom. The molecule has 1 aliphatic heterocycles. The van der Waals surface area contributed by atoms with Gasteiger partial charge in [0, 0.05) is 6.54 Å². The van der Waals surface area contributed by atoms with Crippen molar-refractivity contribution in [2.24, 2.45) is 5.41 Å². The van der Waals surface area contributed by atoms with Gasteiger partial charge in [-0.3, -0.25) is 4.79 Å². The lowest BCUT2D eigenvalue weighted by Gasteiger charge is -2.29. The van der Waals surface area contributed by atoms with E-state index in [4.69, 9.17) is 0 Å². The Bertz CT molecular complexity index is 1420. The number of hydrogen-bond acceptors (Lipinski definition) is 7. The molecule has 3 aromatic rings. The van der Waals surface area contributed by atoms with Crippen molar-refractivity contribution in [1.82, 2.24) is 40.4 Å². The van der Waals surface area contributed by atoms with Crippen molar-refractivity contribution < 1.29 is 40.6 Å². The lowest BCUT2D eigenvalue weighted by atomic mass is 9.85. The van der Waals surface area contributed by atoms with Crippen molar-refractivity contribution in [2.75, 3.05) is 6.54 Å². The molecule has 0 saturated carbocycles. The SMILES string of the molecule is Cc1nonc1C(=O)N[C@@H](CCC(C)(C)C(F)(F)F)c1cn2ncc(CN3C[C@](C)(C(F)(F)F)NC3=O)cc2n1. The highest BCUT2D eigenvalue weighted by atomic mass is 19.4. The highest BCUT2D eigenvalue weighted by Crippen LogP contribution is 2.42. The van der Waals surface area contributed by atoms with Gasteiger partial charge >= 0.3 is 18.4 Å². The second kappa shape index (κ2) is 9.92. The van der Waals surface area contributed by atoms with Crippen LogP contribution in [0.5, 0.6) is 0 Å². The van der Waals surface area contributed by atoms with Crippen LogP contribution < -0.4 is 10.6 Å². The largest absolute Gasteiger partial charge is 0.413 e. The van der Waals surface area contributed by atoms with Crippen LogP contribution in [-0.2, 0) is 6.54 Å². The van der Waals surface area contributed by atoms with Crippen molar-refractivity contribution in [2.45, 2.75) is 71.0 Å². The summed E-state index contributed by atoms with van der Waals surface area (Å²) in [6.07, 6.45) is -6.90. The van der Waals surface area contributed by atoms with Crippen LogP contribution in [0.4, 0.5) is 31.1 Å². The number of nitrogens with one attached hydrogen (secondary N) is 2. The van der Waals surface area contributed by atoms with Gasteiger partial charge in [-0.25, -0.2) is 18.9 Å². The van der Waals surface area contributed by atoms with Crippen LogP contribution in [0.3, 0.4) is 0 Å². The summed E-state index contributed by atoms with van der Waals surface area (Å²) in [6.45, 7) is 3.65. The first-order valence-electron chi connectivity index (χ1n) is 12.0. The fourth-order valence-corrected chi connectivity index (χ4v) is 4.11. The second-order valence-electron chi connectivity index (χ2n) is 10.6. The Balaban J connectivity index is 1.58. The molecule has 4 rings (SSSR count). The summed E-state index contributed by atoms with van der Waals surface area (Å²) >= 11 is 0. The summed E-state index contributed by atoms with van der Waals surface area (Å²) < 4.78 is 86.4. The minimum atomic E-state index is -4.65. The summed E-state index contributed by atoms with van der Waals surface area (Å²) in [6, 6.07) is -0.402. The lowest BCUT2D eigenvalue weighted by molar-refractivity contribution is -0.214. The minimum Gasteiger partial charge on any atom is -0.342 e. The van der Waals surface area contributed by atoms with Gasteiger partial charge in [0.05, 0.1) is 36.1 Å². The average Bonchev–Trinajstić information content (AvgIpc) is 3.52. The molecule has 2 N–H and O–H groups in total. The van der Waals surface area contributed by atoms with Gasteiger partial charge < -0.3 is 15.5 Å². The van der Waals surface area contributed by atoms with E-state index in [2.05, 4.69) is 30.3 Å². The summed E-state index contributed by atoms with van der Waals surface area (Å²) in [5, 5.41) is 15.8. The molecule has 1 fully saturated rings. The van der Waals surface area contributed by atoms with Gasteiger partial charge in [-0.15, -0.1) is 0 Å². The van der Waals surface area contributed by atoms with E-state index in [0.717, 1.165) is 25.7 Å². The first-order valence-corrected chi connectivity index (χ1v) is 12.0. The van der Waals surface area contributed by atoms with E-state index in [1.807, 2.05) is 5.32 Å². The smallest absolute Gasteiger partial charge is 0.342 e. The molecule has 0 spiro atoms. The molecule has 0 bridgehead atoms. The van der Waals surface area contributed by atoms with Crippen LogP contribution in [0.15, 0.2) is 23.1 Å². The Hall–Kier alpha value is -3.92. The number of rotatable bonds is 8. The maximum Gasteiger partial charge on any atom is 0.413 e. The third-order valence-corrected chi connectivity index (χ3v) is 6.93. The van der Waals surface area contributed by atoms with Crippen molar-refractivity contribution >= 4 is 17.6 Å². The molecule has 218 valence electrons. The monoisotopic (exact) mass is 576 g/mol. The number of nitrogens with zero attached hydrogens (tertiary/aromatic N) is 6. The van der Waals surface area contributed by atoms with Gasteiger partial charge in [0.15, 0.2) is 16.9 Å². The predicted octanol–water partition coefficient (Wildman–Crippen LogP) is 4.11. The lowest BCUT2D eigenvalue weighted by Crippen LogP contribution is -2.53. The molecular weight excluding hydrogens is 550 g/mol. The Morgan fingerprint density at radius 1 is 1.23 bits per heavy atom. The topological polar surface area (TPSA) is 131 Å². The van der Waals surface area contributed by atoms with Gasteiger partial charge in [-0.1, -0.05) is 19.0 Å². The molecule has 4 heterocycles. The normalized spacial score (nSPS) is 19.2. The molecular formula is C23H26F6N8O3. The molecule has 3 amide bonds. The van der Waals surface area contributed by atoms with Crippen molar-refractivity contribution in [3.05, 3.63) is 41.1 Å². The summed E-state index contributed by atoms with van der Waals surface area (Å²) in [5.74, 6) is -0.730. The number of carbonyl (C=O) groups excluding carboxylic acids is 2. The number of imidazole rings is 1. The molecule has 1 saturated heterocycles. The molecule has 0 aliphatic carbocycles. The zero-order valence-corrected chi connectivity index (χ0v) is 21.8. The highest BCUT2D eigenvalue weighted by Gasteiger charge is 2.57. The van der Waals surface area contributed by atoms with Crippen molar-refractivity contribution in [1.29, 1.82) is 0 Å². The number of carbonyl (C=O) groups is 2. The second-order valence-corrected chi connectivity index (χ2v) is 10.6. The molecule has 40 heavy (non-hydrogen) atoms. The van der Waals surface area contributed by atoms with Crippen molar-refractivity contribution in [3.63, 3.8) is 0 Å². The maximum absolute atomic E-state index is 13.5. The van der Waals surface area contributed by atoms with Gasteiger partial charge in [0.25, 0.3) is 5.91 Å². The fraction of sp³-hybridized carbons (Fsp3) is 0.565. The van der Waals surface area contributed by atoms with Crippen LogP contribution in [0.25, 0.3) is 5.65 Å². The Kier molecular flexibility index (Phi) is 7.21. The van der Waals surface area contributed by atoms with Crippen LogP contribution >= 0.6 is 0 Å². The van der Waals surface area contributed by atoms with E-state index in [9.17, 15) is 35.9 Å². The maximum atomic E-state index is 13.5. The fourth-order valence-electron chi connectivity index (χ4n) is 4.11. The van der Waals surface area contributed by atoms with E-state index in [0.29, 0.717) is 5.56 Å². The number of amides is 3. The molecule has 11 nitrogen and oxygen atoms in total. The number of halogens is 6. The predicted molar refractivity (Wildman–Crippen MR) is 125 cm³/mol. The van der Waals surface area contributed by atoms with E-state index in [1.54, 1.807) is 0 Å². The van der Waals surface area contributed by atoms with E-state index >= 15 is 0 Å². The molecule has 1 aliphatic rings. The van der Waals surface area contributed by atoms with Gasteiger partial charge in [-0.05, 0) is 43.5 Å². The van der Waals surface area contributed by atoms with E-state index in [-0.39, 0.29) is 42.1 Å². The Labute approximate surface area is 223 Å². The quantitative estimate of drug-likeness (QED) is 0.386. The number of urea groups is 1. The summed E-state index contributed by atoms with van der Waals surface area (Å²) in [5.41, 5.74) is -3.66.